The minimum Gasteiger partial charge on any atom is -0.356 e. The van der Waals surface area contributed by atoms with Gasteiger partial charge in [0.05, 0.1) is 11.9 Å². The van der Waals surface area contributed by atoms with E-state index in [-0.39, 0.29) is 0 Å². The summed E-state index contributed by atoms with van der Waals surface area (Å²) in [6.45, 7) is 11.2. The van der Waals surface area contributed by atoms with E-state index in [9.17, 15) is 0 Å². The van der Waals surface area contributed by atoms with Crippen LogP contribution in [-0.2, 0) is 6.54 Å². The Balaban J connectivity index is 2.70. The molecular weight excluding hydrogens is 200 g/mol. The second-order valence-corrected chi connectivity index (χ2v) is 4.08. The first-order valence-electron chi connectivity index (χ1n) is 5.96. The van der Waals surface area contributed by atoms with Gasteiger partial charge in [0, 0.05) is 31.9 Å². The van der Waals surface area contributed by atoms with Crippen molar-refractivity contribution in [2.75, 3.05) is 18.0 Å². The molecule has 0 radical (unpaired) electrons. The van der Waals surface area contributed by atoms with Gasteiger partial charge in [0.2, 0.25) is 0 Å². The van der Waals surface area contributed by atoms with Crippen LogP contribution in [0.3, 0.4) is 0 Å². The maximum Gasteiger partial charge on any atom is 0.147 e. The summed E-state index contributed by atoms with van der Waals surface area (Å²) in [5.74, 6) is 0.966. The second-order valence-electron chi connectivity index (χ2n) is 4.08. The van der Waals surface area contributed by atoms with Crippen molar-refractivity contribution >= 4 is 5.82 Å². The lowest BCUT2D eigenvalue weighted by Crippen LogP contribution is -2.25. The van der Waals surface area contributed by atoms with Crippen LogP contribution in [0.25, 0.3) is 0 Å². The highest BCUT2D eigenvalue weighted by Gasteiger charge is 2.05. The molecule has 0 spiro atoms. The second kappa shape index (κ2) is 6.43. The van der Waals surface area contributed by atoms with Crippen LogP contribution in [-0.4, -0.2) is 29.1 Å². The molecule has 0 atom stereocenters. The molecule has 1 heterocycles. The van der Waals surface area contributed by atoms with E-state index in [1.165, 1.54) is 0 Å². The Bertz CT molecular complexity index is 308. The lowest BCUT2D eigenvalue weighted by molar-refractivity contribution is 0.579. The van der Waals surface area contributed by atoms with E-state index in [0.29, 0.717) is 6.04 Å². The monoisotopic (exact) mass is 222 g/mol. The van der Waals surface area contributed by atoms with E-state index in [1.54, 1.807) is 0 Å². The smallest absolute Gasteiger partial charge is 0.147 e. The summed E-state index contributed by atoms with van der Waals surface area (Å²) in [4.78, 5) is 11.0. The van der Waals surface area contributed by atoms with Crippen molar-refractivity contribution in [1.29, 1.82) is 0 Å². The Labute approximate surface area is 98.1 Å². The first kappa shape index (κ1) is 12.9. The van der Waals surface area contributed by atoms with Crippen LogP contribution in [0.1, 0.15) is 33.4 Å². The molecule has 1 aromatic rings. The zero-order valence-electron chi connectivity index (χ0n) is 10.7. The van der Waals surface area contributed by atoms with Crippen molar-refractivity contribution in [2.24, 2.45) is 0 Å². The van der Waals surface area contributed by atoms with Gasteiger partial charge in [-0.25, -0.2) is 4.98 Å². The maximum atomic E-state index is 4.59. The van der Waals surface area contributed by atoms with Crippen LogP contribution in [0.4, 0.5) is 5.82 Å². The molecule has 90 valence electrons. The fourth-order valence-corrected chi connectivity index (χ4v) is 1.49. The molecule has 0 aromatic carbocycles. The summed E-state index contributed by atoms with van der Waals surface area (Å²) < 4.78 is 0. The Morgan fingerprint density at radius 1 is 1.25 bits per heavy atom. The predicted octanol–water partition coefficient (Wildman–Crippen LogP) is 1.82. The van der Waals surface area contributed by atoms with Gasteiger partial charge >= 0.3 is 0 Å². The van der Waals surface area contributed by atoms with E-state index in [1.807, 2.05) is 12.4 Å². The van der Waals surface area contributed by atoms with Gasteiger partial charge in [0.25, 0.3) is 0 Å². The molecule has 16 heavy (non-hydrogen) atoms. The first-order chi connectivity index (χ1) is 7.67. The van der Waals surface area contributed by atoms with Gasteiger partial charge in [-0.2, -0.15) is 0 Å². The molecule has 0 unspecified atom stereocenters. The maximum absolute atomic E-state index is 4.59. The summed E-state index contributed by atoms with van der Waals surface area (Å²) in [5.41, 5.74) is 0.998. The number of aromatic nitrogens is 2. The topological polar surface area (TPSA) is 41.1 Å². The molecular formula is C12H22N4. The fourth-order valence-electron chi connectivity index (χ4n) is 1.49. The van der Waals surface area contributed by atoms with Gasteiger partial charge < -0.3 is 10.2 Å². The summed E-state index contributed by atoms with van der Waals surface area (Å²) in [5, 5.41) is 3.34. The zero-order chi connectivity index (χ0) is 12.0. The molecule has 0 aliphatic rings. The Kier molecular flexibility index (Phi) is 5.19. The van der Waals surface area contributed by atoms with Crippen LogP contribution < -0.4 is 10.2 Å². The third-order valence-corrected chi connectivity index (χ3v) is 2.45. The van der Waals surface area contributed by atoms with Gasteiger partial charge in [0.15, 0.2) is 0 Å². The lowest BCUT2D eigenvalue weighted by Gasteiger charge is -2.19. The minimum absolute atomic E-state index is 0.471. The lowest BCUT2D eigenvalue weighted by atomic mass is 10.3. The number of anilines is 1. The van der Waals surface area contributed by atoms with Crippen molar-refractivity contribution in [3.8, 4) is 0 Å². The number of nitrogens with zero attached hydrogens (tertiary/aromatic N) is 3. The fraction of sp³-hybridized carbons (Fsp3) is 0.667. The van der Waals surface area contributed by atoms with Crippen LogP contribution >= 0.6 is 0 Å². The van der Waals surface area contributed by atoms with Gasteiger partial charge in [-0.3, -0.25) is 4.98 Å². The highest BCUT2D eigenvalue weighted by molar-refractivity contribution is 5.35. The van der Waals surface area contributed by atoms with Crippen molar-refractivity contribution in [1.82, 2.24) is 15.3 Å². The standard InChI is InChI=1S/C12H22N4/c1-5-16(6-2)12-9-13-7-11(15-12)8-14-10(3)4/h7,9-10,14H,5-6,8H2,1-4H3. The number of hydrogen-bond acceptors (Lipinski definition) is 4. The molecule has 0 saturated carbocycles. The molecule has 0 fully saturated rings. The van der Waals surface area contributed by atoms with Crippen LogP contribution in [0.15, 0.2) is 12.4 Å². The van der Waals surface area contributed by atoms with Crippen molar-refractivity contribution in [2.45, 2.75) is 40.3 Å². The molecule has 1 rings (SSSR count). The third-order valence-electron chi connectivity index (χ3n) is 2.45. The van der Waals surface area contributed by atoms with Crippen molar-refractivity contribution in [3.63, 3.8) is 0 Å². The molecule has 0 saturated heterocycles. The van der Waals surface area contributed by atoms with E-state index in [2.05, 4.69) is 47.9 Å². The molecule has 1 aromatic heterocycles. The van der Waals surface area contributed by atoms with E-state index >= 15 is 0 Å². The van der Waals surface area contributed by atoms with Crippen molar-refractivity contribution in [3.05, 3.63) is 18.1 Å². The largest absolute Gasteiger partial charge is 0.356 e. The average Bonchev–Trinajstić information content (AvgIpc) is 2.29. The number of rotatable bonds is 6. The normalized spacial score (nSPS) is 10.8. The Hall–Kier alpha value is -1.16. The molecule has 1 N–H and O–H groups in total. The Morgan fingerprint density at radius 2 is 1.94 bits per heavy atom. The van der Waals surface area contributed by atoms with E-state index in [4.69, 9.17) is 0 Å². The summed E-state index contributed by atoms with van der Waals surface area (Å²) in [6, 6.07) is 0.471. The molecule has 0 aliphatic heterocycles. The first-order valence-corrected chi connectivity index (χ1v) is 5.96. The quantitative estimate of drug-likeness (QED) is 0.797. The third kappa shape index (κ3) is 3.77. The van der Waals surface area contributed by atoms with Crippen LogP contribution in [0.2, 0.25) is 0 Å². The highest BCUT2D eigenvalue weighted by atomic mass is 15.2. The number of nitrogens with one attached hydrogen (secondary N) is 1. The predicted molar refractivity (Wildman–Crippen MR) is 67.6 cm³/mol. The van der Waals surface area contributed by atoms with Crippen LogP contribution in [0.5, 0.6) is 0 Å². The zero-order valence-corrected chi connectivity index (χ0v) is 10.7. The van der Waals surface area contributed by atoms with E-state index < -0.39 is 0 Å². The molecule has 0 bridgehead atoms. The van der Waals surface area contributed by atoms with Gasteiger partial charge in [0.1, 0.15) is 5.82 Å². The minimum atomic E-state index is 0.471. The summed E-state index contributed by atoms with van der Waals surface area (Å²) in [7, 11) is 0. The molecule has 0 amide bonds. The average molecular weight is 222 g/mol. The Morgan fingerprint density at radius 3 is 2.50 bits per heavy atom. The molecule has 0 aliphatic carbocycles. The van der Waals surface area contributed by atoms with Crippen LogP contribution in [0, 0.1) is 0 Å². The molecule has 4 heteroatoms. The van der Waals surface area contributed by atoms with Crippen molar-refractivity contribution < 1.29 is 0 Å². The highest BCUT2D eigenvalue weighted by Crippen LogP contribution is 2.08. The van der Waals surface area contributed by atoms with E-state index in [0.717, 1.165) is 31.1 Å². The summed E-state index contributed by atoms with van der Waals surface area (Å²) >= 11 is 0. The summed E-state index contributed by atoms with van der Waals surface area (Å²) in [6.07, 6.45) is 3.65. The van der Waals surface area contributed by atoms with Gasteiger partial charge in [-0.15, -0.1) is 0 Å². The SMILES string of the molecule is CCN(CC)c1cncc(CNC(C)C)n1. The van der Waals surface area contributed by atoms with Gasteiger partial charge in [-0.05, 0) is 13.8 Å². The van der Waals surface area contributed by atoms with Gasteiger partial charge in [-0.1, -0.05) is 13.8 Å². The molecule has 4 nitrogen and oxygen atoms in total. The number of hydrogen-bond donors (Lipinski definition) is 1.